The molecule has 0 saturated heterocycles. The molecule has 0 aliphatic heterocycles. The van der Waals surface area contributed by atoms with Crippen molar-refractivity contribution in [1.29, 1.82) is 0 Å². The van der Waals surface area contributed by atoms with Gasteiger partial charge in [-0.3, -0.25) is 9.78 Å². The number of benzene rings is 1. The summed E-state index contributed by atoms with van der Waals surface area (Å²) in [4.78, 5) is 20.0. The van der Waals surface area contributed by atoms with E-state index < -0.39 is 0 Å². The van der Waals surface area contributed by atoms with E-state index in [-0.39, 0.29) is 5.78 Å². The van der Waals surface area contributed by atoms with Crippen molar-refractivity contribution in [1.82, 2.24) is 9.97 Å². The van der Waals surface area contributed by atoms with E-state index in [0.29, 0.717) is 22.8 Å². The number of hydrogen-bond donors (Lipinski definition) is 0. The van der Waals surface area contributed by atoms with Gasteiger partial charge in [-0.2, -0.15) is 0 Å². The number of carbonyl (C=O) groups is 1. The minimum atomic E-state index is -0.205. The predicted octanol–water partition coefficient (Wildman–Crippen LogP) is 1.72. The van der Waals surface area contributed by atoms with Crippen LogP contribution in [0.4, 0.5) is 0 Å². The molecule has 0 amide bonds. The maximum Gasteiger partial charge on any atom is 0.213 e. The predicted molar refractivity (Wildman–Crippen MR) is 65.0 cm³/mol. The van der Waals surface area contributed by atoms with Gasteiger partial charge in [-0.25, -0.2) is 4.98 Å². The molecule has 0 spiro atoms. The van der Waals surface area contributed by atoms with Crippen molar-refractivity contribution in [2.75, 3.05) is 14.2 Å². The van der Waals surface area contributed by atoms with E-state index in [1.165, 1.54) is 25.7 Å². The Balaban J connectivity index is 2.37. The molecule has 2 aromatic rings. The third-order valence-corrected chi connectivity index (χ3v) is 2.44. The Morgan fingerprint density at radius 3 is 2.50 bits per heavy atom. The van der Waals surface area contributed by atoms with Crippen molar-refractivity contribution in [2.24, 2.45) is 0 Å². The van der Waals surface area contributed by atoms with Gasteiger partial charge in [0, 0.05) is 18.0 Å². The van der Waals surface area contributed by atoms with Gasteiger partial charge in [0.2, 0.25) is 5.78 Å². The van der Waals surface area contributed by atoms with E-state index in [0.717, 1.165) is 0 Å². The first-order valence-electron chi connectivity index (χ1n) is 5.29. The summed E-state index contributed by atoms with van der Waals surface area (Å²) in [5.41, 5.74) is 0.776. The summed E-state index contributed by atoms with van der Waals surface area (Å²) in [7, 11) is 3.07. The Morgan fingerprint density at radius 1 is 1.11 bits per heavy atom. The quantitative estimate of drug-likeness (QED) is 0.766. The molecule has 0 aliphatic rings. The topological polar surface area (TPSA) is 61.3 Å². The largest absolute Gasteiger partial charge is 0.493 e. The van der Waals surface area contributed by atoms with Crippen LogP contribution >= 0.6 is 0 Å². The first-order chi connectivity index (χ1) is 8.76. The van der Waals surface area contributed by atoms with Crippen molar-refractivity contribution in [3.63, 3.8) is 0 Å². The number of rotatable bonds is 4. The summed E-state index contributed by atoms with van der Waals surface area (Å²) in [6.45, 7) is 0. The number of hydrogen-bond acceptors (Lipinski definition) is 5. The van der Waals surface area contributed by atoms with Crippen LogP contribution in [0.5, 0.6) is 11.5 Å². The van der Waals surface area contributed by atoms with Gasteiger partial charge in [-0.05, 0) is 18.2 Å². The summed E-state index contributed by atoms with van der Waals surface area (Å²) in [5.74, 6) is 0.879. The maximum absolute atomic E-state index is 12.1. The minimum Gasteiger partial charge on any atom is -0.493 e. The van der Waals surface area contributed by atoms with Gasteiger partial charge in [-0.15, -0.1) is 0 Å². The molecule has 0 bridgehead atoms. The third kappa shape index (κ3) is 2.29. The zero-order valence-corrected chi connectivity index (χ0v) is 10.1. The van der Waals surface area contributed by atoms with Gasteiger partial charge >= 0.3 is 0 Å². The maximum atomic E-state index is 12.1. The van der Waals surface area contributed by atoms with Crippen LogP contribution in [0.1, 0.15) is 16.1 Å². The highest BCUT2D eigenvalue weighted by Crippen LogP contribution is 2.28. The molecule has 2 rings (SSSR count). The average Bonchev–Trinajstić information content (AvgIpc) is 2.46. The van der Waals surface area contributed by atoms with Crippen LogP contribution in [0.3, 0.4) is 0 Å². The lowest BCUT2D eigenvalue weighted by Gasteiger charge is -2.08. The lowest BCUT2D eigenvalue weighted by atomic mass is 10.1. The Morgan fingerprint density at radius 2 is 1.89 bits per heavy atom. The summed E-state index contributed by atoms with van der Waals surface area (Å²) in [5, 5.41) is 0. The number of nitrogens with zero attached hydrogens (tertiary/aromatic N) is 2. The second kappa shape index (κ2) is 5.27. The summed E-state index contributed by atoms with van der Waals surface area (Å²) >= 11 is 0. The molecule has 18 heavy (non-hydrogen) atoms. The molecular formula is C13H12N2O3. The van der Waals surface area contributed by atoms with Crippen LogP contribution in [0.2, 0.25) is 0 Å². The van der Waals surface area contributed by atoms with Crippen molar-refractivity contribution < 1.29 is 14.3 Å². The van der Waals surface area contributed by atoms with E-state index in [2.05, 4.69) is 9.97 Å². The highest BCUT2D eigenvalue weighted by molar-refractivity contribution is 6.07. The number of methoxy groups -OCH3 is 2. The molecule has 0 atom stereocenters. The van der Waals surface area contributed by atoms with Crippen molar-refractivity contribution >= 4 is 5.78 Å². The molecule has 0 aliphatic carbocycles. The zero-order chi connectivity index (χ0) is 13.0. The fourth-order valence-electron chi connectivity index (χ4n) is 1.54. The van der Waals surface area contributed by atoms with Crippen LogP contribution in [-0.4, -0.2) is 30.0 Å². The molecule has 1 aromatic carbocycles. The van der Waals surface area contributed by atoms with Crippen LogP contribution < -0.4 is 9.47 Å². The summed E-state index contributed by atoms with van der Waals surface area (Å²) < 4.78 is 10.3. The zero-order valence-electron chi connectivity index (χ0n) is 10.1. The lowest BCUT2D eigenvalue weighted by molar-refractivity contribution is 0.103. The van der Waals surface area contributed by atoms with Crippen LogP contribution in [0.25, 0.3) is 0 Å². The molecule has 0 radical (unpaired) electrons. The standard InChI is InChI=1S/C13H12N2O3/c1-17-11-4-3-9(7-12(11)18-2)13(16)10-8-14-5-6-15-10/h3-8H,1-2H3. The summed E-state index contributed by atoms with van der Waals surface area (Å²) in [6, 6.07) is 4.97. The molecular weight excluding hydrogens is 232 g/mol. The Bertz CT molecular complexity index is 555. The highest BCUT2D eigenvalue weighted by Gasteiger charge is 2.13. The first kappa shape index (κ1) is 12.0. The molecule has 5 nitrogen and oxygen atoms in total. The number of ketones is 1. The molecule has 0 fully saturated rings. The highest BCUT2D eigenvalue weighted by atomic mass is 16.5. The molecule has 1 heterocycles. The van der Waals surface area contributed by atoms with E-state index in [4.69, 9.17) is 9.47 Å². The Kier molecular flexibility index (Phi) is 3.52. The van der Waals surface area contributed by atoms with Gasteiger partial charge in [0.25, 0.3) is 0 Å². The van der Waals surface area contributed by atoms with Crippen LogP contribution in [0.15, 0.2) is 36.8 Å². The molecule has 92 valence electrons. The fraction of sp³-hybridized carbons (Fsp3) is 0.154. The fourth-order valence-corrected chi connectivity index (χ4v) is 1.54. The molecule has 0 N–H and O–H groups in total. The van der Waals surface area contributed by atoms with Crippen molar-refractivity contribution in [2.45, 2.75) is 0 Å². The molecule has 0 saturated carbocycles. The monoisotopic (exact) mass is 244 g/mol. The van der Waals surface area contributed by atoms with Gasteiger partial charge in [0.15, 0.2) is 11.5 Å². The SMILES string of the molecule is COc1ccc(C(=O)c2cnccn2)cc1OC. The van der Waals surface area contributed by atoms with Crippen molar-refractivity contribution in [3.8, 4) is 11.5 Å². The number of carbonyl (C=O) groups excluding carboxylic acids is 1. The average molecular weight is 244 g/mol. The number of ether oxygens (including phenoxy) is 2. The normalized spacial score (nSPS) is 9.89. The van der Waals surface area contributed by atoms with Crippen LogP contribution in [0, 0.1) is 0 Å². The molecule has 0 unspecified atom stereocenters. The van der Waals surface area contributed by atoms with Gasteiger partial charge in [0.1, 0.15) is 5.69 Å². The van der Waals surface area contributed by atoms with E-state index >= 15 is 0 Å². The van der Waals surface area contributed by atoms with Crippen LogP contribution in [-0.2, 0) is 0 Å². The van der Waals surface area contributed by atoms with E-state index in [9.17, 15) is 4.79 Å². The second-order valence-electron chi connectivity index (χ2n) is 3.49. The van der Waals surface area contributed by atoms with Crippen molar-refractivity contribution in [3.05, 3.63) is 48.0 Å². The van der Waals surface area contributed by atoms with Gasteiger partial charge in [0.05, 0.1) is 20.4 Å². The number of aromatic nitrogens is 2. The smallest absolute Gasteiger partial charge is 0.213 e. The van der Waals surface area contributed by atoms with E-state index in [1.54, 1.807) is 25.3 Å². The molecule has 5 heteroatoms. The lowest BCUT2D eigenvalue weighted by Crippen LogP contribution is -2.05. The Hall–Kier alpha value is -2.43. The summed E-state index contributed by atoms with van der Waals surface area (Å²) in [6.07, 6.45) is 4.43. The van der Waals surface area contributed by atoms with E-state index in [1.807, 2.05) is 0 Å². The van der Waals surface area contributed by atoms with Gasteiger partial charge < -0.3 is 9.47 Å². The van der Waals surface area contributed by atoms with Gasteiger partial charge in [-0.1, -0.05) is 0 Å². The molecule has 1 aromatic heterocycles. The minimum absolute atomic E-state index is 0.205. The third-order valence-electron chi connectivity index (χ3n) is 2.44. The first-order valence-corrected chi connectivity index (χ1v) is 5.29. The second-order valence-corrected chi connectivity index (χ2v) is 3.49. The Labute approximate surface area is 104 Å².